The van der Waals surface area contributed by atoms with Gasteiger partial charge in [-0.25, -0.2) is 0 Å². The van der Waals surface area contributed by atoms with E-state index in [2.05, 4.69) is 62.1 Å². The average molecular weight is 478 g/mol. The number of carbonyl (C=O) groups is 1. The van der Waals surface area contributed by atoms with Crippen LogP contribution in [0.2, 0.25) is 5.02 Å². The van der Waals surface area contributed by atoms with Gasteiger partial charge in [-0.3, -0.25) is 9.69 Å². The van der Waals surface area contributed by atoms with Gasteiger partial charge in [0.15, 0.2) is 0 Å². The Labute approximate surface area is 201 Å². The van der Waals surface area contributed by atoms with Gasteiger partial charge in [0.1, 0.15) is 10.6 Å². The van der Waals surface area contributed by atoms with E-state index in [1.54, 1.807) is 6.07 Å². The topological polar surface area (TPSA) is 44.8 Å². The van der Waals surface area contributed by atoms with Crippen molar-refractivity contribution in [1.82, 2.24) is 15.1 Å². The molecule has 176 valence electrons. The van der Waals surface area contributed by atoms with Crippen LogP contribution in [0.25, 0.3) is 0 Å². The van der Waals surface area contributed by atoms with Crippen LogP contribution in [0.15, 0.2) is 23.6 Å². The minimum absolute atomic E-state index is 0.0692. The molecule has 1 aliphatic rings. The minimum atomic E-state index is -0.0692. The molecule has 1 unspecified atom stereocenters. The normalized spacial score (nSPS) is 15.6. The lowest BCUT2D eigenvalue weighted by atomic mass is 9.91. The molecule has 2 aromatic rings. The van der Waals surface area contributed by atoms with Crippen molar-refractivity contribution >= 4 is 28.8 Å². The maximum atomic E-state index is 12.3. The Morgan fingerprint density at radius 2 is 2.00 bits per heavy atom. The van der Waals surface area contributed by atoms with Gasteiger partial charge in [-0.2, -0.15) is 0 Å². The highest BCUT2D eigenvalue weighted by Gasteiger charge is 2.32. The number of amides is 1. The first kappa shape index (κ1) is 25.0. The smallest absolute Gasteiger partial charge is 0.262 e. The molecular weight excluding hydrogens is 442 g/mol. The summed E-state index contributed by atoms with van der Waals surface area (Å²) in [6.07, 6.45) is 2.22. The van der Waals surface area contributed by atoms with Crippen LogP contribution in [0, 0.1) is 19.8 Å². The number of halogens is 1. The van der Waals surface area contributed by atoms with E-state index >= 15 is 0 Å². The van der Waals surface area contributed by atoms with Gasteiger partial charge < -0.3 is 15.0 Å². The first-order valence-electron chi connectivity index (χ1n) is 11.4. The lowest BCUT2D eigenvalue weighted by molar-refractivity contribution is 0.0570. The summed E-state index contributed by atoms with van der Waals surface area (Å²) in [7, 11) is 4.21. The molecule has 1 aromatic carbocycles. The first-order valence-corrected chi connectivity index (χ1v) is 12.7. The second kappa shape index (κ2) is 11.5. The van der Waals surface area contributed by atoms with Gasteiger partial charge in [-0.1, -0.05) is 17.7 Å². The highest BCUT2D eigenvalue weighted by atomic mass is 35.5. The van der Waals surface area contributed by atoms with Crippen molar-refractivity contribution in [1.29, 1.82) is 0 Å². The molecule has 0 bridgehead atoms. The molecule has 0 radical (unpaired) electrons. The maximum Gasteiger partial charge on any atom is 0.262 e. The number of ether oxygens (including phenoxy) is 1. The van der Waals surface area contributed by atoms with Crippen LogP contribution in [-0.2, 0) is 0 Å². The van der Waals surface area contributed by atoms with E-state index in [0.717, 1.165) is 44.8 Å². The number of likely N-dealkylation sites (tertiary alicyclic amines) is 1. The summed E-state index contributed by atoms with van der Waals surface area (Å²) in [5, 5.41) is 5.40. The highest BCUT2D eigenvalue weighted by Crippen LogP contribution is 2.34. The molecule has 1 aliphatic heterocycles. The molecule has 1 amide bonds. The fraction of sp³-hybridized carbons (Fsp3) is 0.560. The van der Waals surface area contributed by atoms with Crippen LogP contribution in [0.1, 0.15) is 52.2 Å². The summed E-state index contributed by atoms with van der Waals surface area (Å²) in [6, 6.07) is 6.46. The number of benzene rings is 1. The Hall–Kier alpha value is -1.60. The number of carbonyl (C=O) groups excluding carboxylic acids is 1. The average Bonchev–Trinajstić information content (AvgIpc) is 3.15. The molecule has 3 rings (SSSR count). The third-order valence-corrected chi connectivity index (χ3v) is 7.73. The number of thiophene rings is 1. The molecule has 1 saturated heterocycles. The molecule has 1 N–H and O–H groups in total. The molecule has 1 aromatic heterocycles. The molecule has 32 heavy (non-hydrogen) atoms. The zero-order valence-corrected chi connectivity index (χ0v) is 21.5. The number of nitrogens with one attached hydrogen (secondary N) is 1. The summed E-state index contributed by atoms with van der Waals surface area (Å²) in [5.74, 6) is 1.41. The number of unbranched alkanes of at least 4 members (excludes halogenated alkanes) is 1. The van der Waals surface area contributed by atoms with Gasteiger partial charge >= 0.3 is 0 Å². The number of nitrogens with zero attached hydrogens (tertiary/aromatic N) is 2. The van der Waals surface area contributed by atoms with Gasteiger partial charge in [0, 0.05) is 31.6 Å². The third kappa shape index (κ3) is 6.25. The van der Waals surface area contributed by atoms with Crippen molar-refractivity contribution in [3.05, 3.63) is 50.2 Å². The van der Waals surface area contributed by atoms with Crippen LogP contribution < -0.4 is 10.1 Å². The van der Waals surface area contributed by atoms with Gasteiger partial charge in [-0.05, 0) is 88.5 Å². The third-order valence-electron chi connectivity index (χ3n) is 6.39. The van der Waals surface area contributed by atoms with Gasteiger partial charge in [-0.15, -0.1) is 11.3 Å². The zero-order valence-electron chi connectivity index (χ0n) is 19.9. The van der Waals surface area contributed by atoms with E-state index in [9.17, 15) is 4.79 Å². The maximum absolute atomic E-state index is 12.3. The molecule has 1 fully saturated rings. The molecule has 7 heteroatoms. The van der Waals surface area contributed by atoms with E-state index in [1.807, 2.05) is 5.38 Å². The van der Waals surface area contributed by atoms with Crippen molar-refractivity contribution in [2.75, 3.05) is 46.9 Å². The number of rotatable bonds is 11. The summed E-state index contributed by atoms with van der Waals surface area (Å²) in [6.45, 7) is 11.1. The Kier molecular flexibility index (Phi) is 9.00. The summed E-state index contributed by atoms with van der Waals surface area (Å²) >= 11 is 7.44. The Balaban J connectivity index is 1.46. The molecular formula is C25H36ClN3O2S. The van der Waals surface area contributed by atoms with E-state index in [1.165, 1.54) is 28.0 Å². The van der Waals surface area contributed by atoms with Crippen LogP contribution >= 0.6 is 22.9 Å². The van der Waals surface area contributed by atoms with Crippen LogP contribution in [0.3, 0.4) is 0 Å². The van der Waals surface area contributed by atoms with Gasteiger partial charge in [0.2, 0.25) is 0 Å². The summed E-state index contributed by atoms with van der Waals surface area (Å²) in [5.41, 5.74) is 3.90. The lowest BCUT2D eigenvalue weighted by Gasteiger charge is -2.44. The quantitative estimate of drug-likeness (QED) is 0.454. The Bertz CT molecular complexity index is 909. The molecule has 0 aliphatic carbocycles. The summed E-state index contributed by atoms with van der Waals surface area (Å²) in [4.78, 5) is 17.5. The summed E-state index contributed by atoms with van der Waals surface area (Å²) < 4.78 is 6.06. The predicted octanol–water partition coefficient (Wildman–Crippen LogP) is 5.16. The fourth-order valence-corrected chi connectivity index (χ4v) is 5.22. The molecule has 0 saturated carbocycles. The second-order valence-electron chi connectivity index (χ2n) is 9.07. The van der Waals surface area contributed by atoms with Crippen molar-refractivity contribution < 1.29 is 9.53 Å². The SMILES string of the molecule is Cc1c(OCCCCN(C)C)ccc(C(C)N2CC(CNC(=O)c3sccc3Cl)C2)c1C. The van der Waals surface area contributed by atoms with Crippen LogP contribution in [0.4, 0.5) is 0 Å². The van der Waals surface area contributed by atoms with Crippen molar-refractivity contribution in [2.24, 2.45) is 5.92 Å². The van der Waals surface area contributed by atoms with Crippen LogP contribution in [0.5, 0.6) is 5.75 Å². The number of hydrogen-bond donors (Lipinski definition) is 1. The Morgan fingerprint density at radius 1 is 1.25 bits per heavy atom. The zero-order chi connectivity index (χ0) is 23.3. The monoisotopic (exact) mass is 477 g/mol. The predicted molar refractivity (Wildman–Crippen MR) is 134 cm³/mol. The van der Waals surface area contributed by atoms with Crippen molar-refractivity contribution in [3.8, 4) is 5.75 Å². The van der Waals surface area contributed by atoms with E-state index in [0.29, 0.717) is 28.4 Å². The molecule has 0 spiro atoms. The first-order chi connectivity index (χ1) is 15.3. The van der Waals surface area contributed by atoms with Gasteiger partial charge in [0.05, 0.1) is 11.6 Å². The van der Waals surface area contributed by atoms with Crippen molar-refractivity contribution in [2.45, 2.75) is 39.7 Å². The molecule has 2 heterocycles. The highest BCUT2D eigenvalue weighted by molar-refractivity contribution is 7.12. The van der Waals surface area contributed by atoms with E-state index < -0.39 is 0 Å². The molecule has 1 atom stereocenters. The fourth-order valence-electron chi connectivity index (χ4n) is 4.16. The largest absolute Gasteiger partial charge is 0.493 e. The second-order valence-corrected chi connectivity index (χ2v) is 10.4. The minimum Gasteiger partial charge on any atom is -0.493 e. The van der Waals surface area contributed by atoms with Gasteiger partial charge in [0.25, 0.3) is 5.91 Å². The van der Waals surface area contributed by atoms with Crippen molar-refractivity contribution in [3.63, 3.8) is 0 Å². The van der Waals surface area contributed by atoms with E-state index in [-0.39, 0.29) is 5.91 Å². The molecule has 5 nitrogen and oxygen atoms in total. The Morgan fingerprint density at radius 3 is 2.66 bits per heavy atom. The number of hydrogen-bond acceptors (Lipinski definition) is 5. The standard InChI is InChI=1S/C25H36ClN3O2S/c1-17-18(2)23(31-12-7-6-11-28(4)5)9-8-21(17)19(3)29-15-20(16-29)14-27-25(30)24-22(26)10-13-32-24/h8-10,13,19-20H,6-7,11-12,14-16H2,1-5H3,(H,27,30). The van der Waals surface area contributed by atoms with E-state index in [4.69, 9.17) is 16.3 Å². The van der Waals surface area contributed by atoms with Crippen LogP contribution in [-0.4, -0.2) is 62.6 Å². The lowest BCUT2D eigenvalue weighted by Crippen LogP contribution is -2.52.